The Morgan fingerprint density at radius 2 is 2.05 bits per heavy atom. The number of phenolic OH excluding ortho intramolecular Hbond substituents is 2. The molecule has 1 heterocycles. The van der Waals surface area contributed by atoms with Crippen LogP contribution < -0.4 is 5.32 Å². The highest BCUT2D eigenvalue weighted by Gasteiger charge is 2.13. The lowest BCUT2D eigenvalue weighted by Crippen LogP contribution is -2.22. The zero-order chi connectivity index (χ0) is 15.2. The molecule has 0 fully saturated rings. The smallest absolute Gasteiger partial charge is 0.255 e. The van der Waals surface area contributed by atoms with Crippen LogP contribution in [0.25, 0.3) is 0 Å². The molecule has 1 amide bonds. The molecule has 2 rings (SSSR count). The van der Waals surface area contributed by atoms with E-state index in [0.717, 1.165) is 9.75 Å². The molecular weight excluding hydrogens is 290 g/mol. The van der Waals surface area contributed by atoms with Crippen LogP contribution in [0, 0.1) is 11.8 Å². The molecule has 5 nitrogen and oxygen atoms in total. The molecule has 0 aliphatic carbocycles. The number of hydrogen-bond acceptors (Lipinski definition) is 5. The number of aliphatic hydroxyl groups excluding tert-OH is 1. The van der Waals surface area contributed by atoms with Crippen LogP contribution in [0.15, 0.2) is 30.3 Å². The Morgan fingerprint density at radius 1 is 1.24 bits per heavy atom. The van der Waals surface area contributed by atoms with Crippen LogP contribution in [0.3, 0.4) is 0 Å². The van der Waals surface area contributed by atoms with Gasteiger partial charge in [0.2, 0.25) is 0 Å². The minimum atomic E-state index is -0.472. The van der Waals surface area contributed by atoms with Gasteiger partial charge in [-0.05, 0) is 24.3 Å². The van der Waals surface area contributed by atoms with E-state index in [9.17, 15) is 15.0 Å². The second kappa shape index (κ2) is 6.79. The van der Waals surface area contributed by atoms with Crippen molar-refractivity contribution >= 4 is 17.2 Å². The fourth-order valence-corrected chi connectivity index (χ4v) is 2.47. The Balaban J connectivity index is 2.01. The first-order valence-corrected chi connectivity index (χ1v) is 6.91. The van der Waals surface area contributed by atoms with E-state index in [4.69, 9.17) is 5.11 Å². The fourth-order valence-electron chi connectivity index (χ4n) is 1.64. The summed E-state index contributed by atoms with van der Waals surface area (Å²) in [6.45, 7) is 0.0974. The molecule has 0 atom stereocenters. The Morgan fingerprint density at radius 3 is 2.81 bits per heavy atom. The summed E-state index contributed by atoms with van der Waals surface area (Å²) < 4.78 is 0. The van der Waals surface area contributed by atoms with Crippen molar-refractivity contribution in [2.24, 2.45) is 0 Å². The first-order valence-electron chi connectivity index (χ1n) is 6.09. The van der Waals surface area contributed by atoms with Crippen molar-refractivity contribution in [2.45, 2.75) is 6.54 Å². The molecule has 2 aromatic rings. The lowest BCUT2D eigenvalue weighted by Gasteiger charge is -2.06. The van der Waals surface area contributed by atoms with Gasteiger partial charge in [0.1, 0.15) is 6.61 Å². The molecular formula is C15H13NO4S. The van der Waals surface area contributed by atoms with Crippen molar-refractivity contribution in [1.82, 2.24) is 5.32 Å². The number of nitrogens with one attached hydrogen (secondary N) is 1. The normalized spacial score (nSPS) is 9.76. The summed E-state index contributed by atoms with van der Waals surface area (Å²) in [5.74, 6) is 4.09. The molecule has 0 bridgehead atoms. The molecule has 4 N–H and O–H groups in total. The second-order valence-electron chi connectivity index (χ2n) is 4.08. The zero-order valence-electron chi connectivity index (χ0n) is 11.0. The van der Waals surface area contributed by atoms with Gasteiger partial charge in [0.05, 0.1) is 17.0 Å². The summed E-state index contributed by atoms with van der Waals surface area (Å²) in [6.07, 6.45) is 0. The summed E-state index contributed by atoms with van der Waals surface area (Å²) in [7, 11) is 0. The number of thiophene rings is 1. The maximum Gasteiger partial charge on any atom is 0.255 e. The lowest BCUT2D eigenvalue weighted by molar-refractivity contribution is 0.0948. The third-order valence-electron chi connectivity index (χ3n) is 2.63. The minimum absolute atomic E-state index is 0.0202. The highest BCUT2D eigenvalue weighted by atomic mass is 32.1. The van der Waals surface area contributed by atoms with Gasteiger partial charge in [-0.15, -0.1) is 11.3 Å². The van der Waals surface area contributed by atoms with Crippen LogP contribution in [-0.2, 0) is 6.54 Å². The second-order valence-corrected chi connectivity index (χ2v) is 5.25. The number of para-hydroxylation sites is 1. The minimum Gasteiger partial charge on any atom is -0.504 e. The van der Waals surface area contributed by atoms with Gasteiger partial charge in [-0.2, -0.15) is 0 Å². The number of aromatic hydroxyl groups is 2. The van der Waals surface area contributed by atoms with Gasteiger partial charge in [0.15, 0.2) is 11.5 Å². The topological polar surface area (TPSA) is 89.8 Å². The Bertz CT molecular complexity index is 712. The Kier molecular flexibility index (Phi) is 4.82. The molecule has 108 valence electrons. The SMILES string of the molecule is O=C(NCc1ccc(C#CCO)s1)c1cccc(O)c1O. The van der Waals surface area contributed by atoms with Crippen LogP contribution in [0.4, 0.5) is 0 Å². The van der Waals surface area contributed by atoms with E-state index in [1.165, 1.54) is 29.5 Å². The van der Waals surface area contributed by atoms with Gasteiger partial charge in [0.25, 0.3) is 5.91 Å². The van der Waals surface area contributed by atoms with Crippen molar-refractivity contribution in [3.05, 3.63) is 45.6 Å². The van der Waals surface area contributed by atoms with E-state index in [-0.39, 0.29) is 17.9 Å². The number of hydrogen-bond donors (Lipinski definition) is 4. The molecule has 0 saturated heterocycles. The Hall–Kier alpha value is -2.49. The number of aliphatic hydroxyl groups is 1. The number of phenols is 2. The van der Waals surface area contributed by atoms with Crippen LogP contribution >= 0.6 is 11.3 Å². The highest BCUT2D eigenvalue weighted by Crippen LogP contribution is 2.28. The van der Waals surface area contributed by atoms with Crippen LogP contribution in [0.5, 0.6) is 11.5 Å². The number of amides is 1. The molecule has 0 aliphatic rings. The van der Waals surface area contributed by atoms with E-state index in [1.807, 2.05) is 6.07 Å². The van der Waals surface area contributed by atoms with Crippen molar-refractivity contribution in [3.63, 3.8) is 0 Å². The predicted octanol–water partition coefficient (Wildman–Crippen LogP) is 1.43. The number of carbonyl (C=O) groups excluding carboxylic acids is 1. The maximum atomic E-state index is 11.9. The third-order valence-corrected chi connectivity index (χ3v) is 3.64. The van der Waals surface area contributed by atoms with Gasteiger partial charge in [0, 0.05) is 4.88 Å². The fraction of sp³-hybridized carbons (Fsp3) is 0.133. The average Bonchev–Trinajstić information content (AvgIpc) is 2.93. The largest absolute Gasteiger partial charge is 0.504 e. The summed E-state index contributed by atoms with van der Waals surface area (Å²) in [6, 6.07) is 7.85. The maximum absolute atomic E-state index is 11.9. The summed E-state index contributed by atoms with van der Waals surface area (Å²) >= 11 is 1.41. The van der Waals surface area contributed by atoms with Crippen LogP contribution in [-0.4, -0.2) is 27.8 Å². The number of rotatable bonds is 3. The molecule has 0 aliphatic heterocycles. The van der Waals surface area contributed by atoms with E-state index < -0.39 is 11.7 Å². The van der Waals surface area contributed by atoms with Crippen molar-refractivity contribution < 1.29 is 20.1 Å². The van der Waals surface area contributed by atoms with Gasteiger partial charge >= 0.3 is 0 Å². The number of carbonyl (C=O) groups is 1. The van der Waals surface area contributed by atoms with E-state index in [0.29, 0.717) is 6.54 Å². The average molecular weight is 303 g/mol. The summed E-state index contributed by atoms with van der Waals surface area (Å²) in [5.41, 5.74) is 0.0202. The predicted molar refractivity (Wildman–Crippen MR) is 79.2 cm³/mol. The first kappa shape index (κ1) is 14.9. The standard InChI is InChI=1S/C15H13NO4S/c17-8-2-3-10-6-7-11(21-10)9-16-15(20)12-4-1-5-13(18)14(12)19/h1,4-7,17-19H,8-9H2,(H,16,20). The van der Waals surface area contributed by atoms with Crippen molar-refractivity contribution in [3.8, 4) is 23.3 Å². The van der Waals surface area contributed by atoms with Crippen LogP contribution in [0.2, 0.25) is 0 Å². The Labute approximate surface area is 125 Å². The van der Waals surface area contributed by atoms with E-state index >= 15 is 0 Å². The van der Waals surface area contributed by atoms with Gasteiger partial charge in [-0.1, -0.05) is 17.9 Å². The quantitative estimate of drug-likeness (QED) is 0.510. The van der Waals surface area contributed by atoms with Crippen LogP contribution in [0.1, 0.15) is 20.1 Å². The van der Waals surface area contributed by atoms with E-state index in [2.05, 4.69) is 17.2 Å². The molecule has 0 unspecified atom stereocenters. The lowest BCUT2D eigenvalue weighted by atomic mass is 10.1. The van der Waals surface area contributed by atoms with E-state index in [1.54, 1.807) is 6.07 Å². The zero-order valence-corrected chi connectivity index (χ0v) is 11.8. The van der Waals surface area contributed by atoms with Crippen molar-refractivity contribution in [1.29, 1.82) is 0 Å². The molecule has 0 radical (unpaired) electrons. The summed E-state index contributed by atoms with van der Waals surface area (Å²) in [4.78, 5) is 13.6. The molecule has 21 heavy (non-hydrogen) atoms. The van der Waals surface area contributed by atoms with Crippen molar-refractivity contribution in [2.75, 3.05) is 6.61 Å². The third kappa shape index (κ3) is 3.75. The van der Waals surface area contributed by atoms with Gasteiger partial charge < -0.3 is 20.6 Å². The highest BCUT2D eigenvalue weighted by molar-refractivity contribution is 7.12. The first-order chi connectivity index (χ1) is 10.1. The molecule has 0 saturated carbocycles. The van der Waals surface area contributed by atoms with Gasteiger partial charge in [-0.3, -0.25) is 4.79 Å². The summed E-state index contributed by atoms with van der Waals surface area (Å²) in [5, 5.41) is 30.2. The molecule has 1 aromatic heterocycles. The number of benzene rings is 1. The molecule has 1 aromatic carbocycles. The monoisotopic (exact) mass is 303 g/mol. The van der Waals surface area contributed by atoms with Gasteiger partial charge in [-0.25, -0.2) is 0 Å². The molecule has 0 spiro atoms. The molecule has 6 heteroatoms.